The zero-order chi connectivity index (χ0) is 28.5. The summed E-state index contributed by atoms with van der Waals surface area (Å²) in [4.78, 5) is 63.0. The lowest BCUT2D eigenvalue weighted by atomic mass is 9.95. The normalized spacial score (nSPS) is 23.3. The second-order valence-corrected chi connectivity index (χ2v) is 12.0. The van der Waals surface area contributed by atoms with E-state index in [-0.39, 0.29) is 23.0 Å². The van der Waals surface area contributed by atoms with Crippen molar-refractivity contribution >= 4 is 56.8 Å². The molecule has 208 valence electrons. The number of benzene rings is 2. The van der Waals surface area contributed by atoms with E-state index in [4.69, 9.17) is 5.73 Å². The van der Waals surface area contributed by atoms with Crippen LogP contribution in [-0.4, -0.2) is 58.1 Å². The molecule has 10 heteroatoms. The topological polar surface area (TPSA) is 136 Å². The molecule has 4 N–H and O–H groups in total. The molecule has 0 unspecified atom stereocenters. The molecule has 10 nitrogen and oxygen atoms in total. The zero-order valence-electron chi connectivity index (χ0n) is 22.6. The Kier molecular flexibility index (Phi) is 4.37. The molecule has 1 saturated carbocycles. The molecule has 5 heterocycles. The van der Waals surface area contributed by atoms with Gasteiger partial charge in [-0.15, -0.1) is 0 Å². The monoisotopic (exact) mass is 558 g/mol. The summed E-state index contributed by atoms with van der Waals surface area (Å²) in [6.45, 7) is 1.68. The minimum absolute atomic E-state index is 0.0767. The number of urea groups is 1. The Morgan fingerprint density at radius 1 is 0.833 bits per heavy atom. The van der Waals surface area contributed by atoms with E-state index in [0.717, 1.165) is 56.4 Å². The summed E-state index contributed by atoms with van der Waals surface area (Å²) < 4.78 is 0. The number of carbonyl (C=O) groups excluding carboxylic acids is 4. The lowest BCUT2D eigenvalue weighted by molar-refractivity contribution is -0.110. The number of piperidine rings is 1. The maximum atomic E-state index is 13.8. The first-order valence-corrected chi connectivity index (χ1v) is 14.3. The van der Waals surface area contributed by atoms with Gasteiger partial charge in [-0.2, -0.15) is 0 Å². The largest absolute Gasteiger partial charge is 0.351 e. The Balaban J connectivity index is 1.03. The Labute approximate surface area is 239 Å². The number of ketones is 1. The molecule has 5 aliphatic rings. The highest BCUT2D eigenvalue weighted by atomic mass is 16.2. The van der Waals surface area contributed by atoms with Crippen LogP contribution >= 0.6 is 0 Å². The smallest absolute Gasteiger partial charge is 0.319 e. The van der Waals surface area contributed by atoms with Crippen molar-refractivity contribution in [2.45, 2.75) is 19.3 Å². The number of allylic oxidation sites excluding steroid dienone is 3. The van der Waals surface area contributed by atoms with Crippen LogP contribution in [0.1, 0.15) is 38.5 Å². The number of rotatable bonds is 2. The Hall–Kier alpha value is -5.12. The van der Waals surface area contributed by atoms with E-state index in [9.17, 15) is 19.2 Å². The molecule has 4 amide bonds. The maximum absolute atomic E-state index is 13.8. The number of hydrogen-bond donors (Lipinski definition) is 3. The Morgan fingerprint density at radius 2 is 1.43 bits per heavy atom. The second-order valence-electron chi connectivity index (χ2n) is 12.0. The highest BCUT2D eigenvalue weighted by molar-refractivity contribution is 6.12. The van der Waals surface area contributed by atoms with Gasteiger partial charge in [0.05, 0.1) is 0 Å². The van der Waals surface area contributed by atoms with Gasteiger partial charge in [0.15, 0.2) is 5.78 Å². The number of primary amides is 1. The van der Waals surface area contributed by atoms with Crippen LogP contribution in [0.4, 0.5) is 16.2 Å². The first-order chi connectivity index (χ1) is 20.3. The number of nitrogens with zero attached hydrogens (tertiary/aromatic N) is 3. The molecule has 2 aromatic heterocycles. The predicted molar refractivity (Wildman–Crippen MR) is 156 cm³/mol. The fourth-order valence-electron chi connectivity index (χ4n) is 7.75. The molecule has 3 aliphatic heterocycles. The first-order valence-electron chi connectivity index (χ1n) is 14.3. The highest BCUT2D eigenvalue weighted by Gasteiger charge is 2.63. The predicted octanol–water partition coefficient (Wildman–Crippen LogP) is 3.78. The highest BCUT2D eigenvalue weighted by Crippen LogP contribution is 2.65. The summed E-state index contributed by atoms with van der Waals surface area (Å²) in [6.07, 6.45) is 7.55. The standard InChI is InChI=1S/C32H26N6O4/c33-31(42)37-10-7-19-21-12-24(34-23(21)2-4-27(19)37)29(40)36-9-6-18-20-13-25(35-22(20)1-3-26(18)36)30(41)38-15-16-14-32(16)8-5-17(39)11-28(32)38/h1-5,8,11-13,16,34-35H,6-7,9-10,14-15H2,(H2,33,42)/t16-,32-/m1/s1. The van der Waals surface area contributed by atoms with Gasteiger partial charge in [-0.1, -0.05) is 6.08 Å². The molecule has 2 aromatic carbocycles. The number of hydrogen-bond acceptors (Lipinski definition) is 4. The lowest BCUT2D eigenvalue weighted by Crippen LogP contribution is -2.33. The van der Waals surface area contributed by atoms with Crippen LogP contribution in [0, 0.1) is 11.3 Å². The van der Waals surface area contributed by atoms with Crippen molar-refractivity contribution in [1.82, 2.24) is 14.9 Å². The first kappa shape index (κ1) is 23.6. The van der Waals surface area contributed by atoms with Gasteiger partial charge in [0.1, 0.15) is 11.4 Å². The number of H-pyrrole nitrogens is 2. The van der Waals surface area contributed by atoms with E-state index in [2.05, 4.69) is 9.97 Å². The molecule has 2 aliphatic carbocycles. The molecule has 0 radical (unpaired) electrons. The van der Waals surface area contributed by atoms with Crippen LogP contribution in [0.5, 0.6) is 0 Å². The zero-order valence-corrected chi connectivity index (χ0v) is 22.6. The van der Waals surface area contributed by atoms with Crippen molar-refractivity contribution in [3.63, 3.8) is 0 Å². The summed E-state index contributed by atoms with van der Waals surface area (Å²) in [5, 5.41) is 1.86. The van der Waals surface area contributed by atoms with E-state index in [1.54, 1.807) is 26.9 Å². The van der Waals surface area contributed by atoms with Crippen molar-refractivity contribution < 1.29 is 19.2 Å². The van der Waals surface area contributed by atoms with Gasteiger partial charge in [-0.05, 0) is 78.8 Å². The number of aromatic amines is 2. The molecule has 0 bridgehead atoms. The van der Waals surface area contributed by atoms with Crippen LogP contribution in [0.2, 0.25) is 0 Å². The van der Waals surface area contributed by atoms with Gasteiger partial charge in [-0.25, -0.2) is 4.79 Å². The number of fused-ring (bicyclic) bond motifs is 6. The van der Waals surface area contributed by atoms with Gasteiger partial charge < -0.3 is 25.5 Å². The minimum Gasteiger partial charge on any atom is -0.351 e. The average molecular weight is 559 g/mol. The Morgan fingerprint density at radius 3 is 2.07 bits per heavy atom. The van der Waals surface area contributed by atoms with Gasteiger partial charge in [0.25, 0.3) is 11.8 Å². The number of aromatic nitrogens is 2. The molecule has 2 fully saturated rings. The molecule has 9 rings (SSSR count). The molecule has 2 atom stereocenters. The third kappa shape index (κ3) is 2.98. The quantitative estimate of drug-likeness (QED) is 0.345. The van der Waals surface area contributed by atoms with Gasteiger partial charge in [0, 0.05) is 70.0 Å². The summed E-state index contributed by atoms with van der Waals surface area (Å²) in [5.41, 5.74) is 12.5. The van der Waals surface area contributed by atoms with Crippen molar-refractivity contribution in [1.29, 1.82) is 0 Å². The molecule has 1 spiro atoms. The molecular formula is C32H26N6O4. The Bertz CT molecular complexity index is 2030. The number of amides is 4. The summed E-state index contributed by atoms with van der Waals surface area (Å²) >= 11 is 0. The SMILES string of the molecule is NC(=O)N1CCc2c1ccc1[nH]c(C(=O)N3CCc4c3ccc3[nH]c(C(=O)N5C[C@H]6C[C@]67C=CC(=O)C=C57)cc43)cc21. The van der Waals surface area contributed by atoms with Crippen molar-refractivity contribution in [3.8, 4) is 0 Å². The maximum Gasteiger partial charge on any atom is 0.319 e. The van der Waals surface area contributed by atoms with Crippen LogP contribution < -0.4 is 15.5 Å². The van der Waals surface area contributed by atoms with Gasteiger partial charge >= 0.3 is 6.03 Å². The van der Waals surface area contributed by atoms with E-state index in [1.807, 2.05) is 42.5 Å². The van der Waals surface area contributed by atoms with E-state index in [0.29, 0.717) is 49.8 Å². The van der Waals surface area contributed by atoms with Gasteiger partial charge in [0.2, 0.25) is 0 Å². The molecule has 4 aromatic rings. The number of carbonyl (C=O) groups is 4. The second kappa shape index (κ2) is 7.79. The summed E-state index contributed by atoms with van der Waals surface area (Å²) in [7, 11) is 0. The average Bonchev–Trinajstić information content (AvgIpc) is 3.61. The van der Waals surface area contributed by atoms with Crippen molar-refractivity contribution in [2.75, 3.05) is 29.4 Å². The molecule has 1 saturated heterocycles. The third-order valence-electron chi connectivity index (χ3n) is 9.90. The molecular weight excluding hydrogens is 532 g/mol. The van der Waals surface area contributed by atoms with Crippen molar-refractivity contribution in [2.24, 2.45) is 17.1 Å². The third-order valence-corrected chi connectivity index (χ3v) is 9.90. The minimum atomic E-state index is -0.478. The molecule has 42 heavy (non-hydrogen) atoms. The fraction of sp³-hybridized carbons (Fsp3) is 0.250. The fourth-order valence-corrected chi connectivity index (χ4v) is 7.75. The van der Waals surface area contributed by atoms with E-state index < -0.39 is 6.03 Å². The number of likely N-dealkylation sites (tertiary alicyclic amines) is 1. The van der Waals surface area contributed by atoms with Crippen LogP contribution in [0.15, 0.2) is 60.3 Å². The lowest BCUT2D eigenvalue weighted by Gasteiger charge is -2.24. The number of anilines is 2. The number of nitrogens with two attached hydrogens (primary N) is 1. The summed E-state index contributed by atoms with van der Waals surface area (Å²) in [5.74, 6) is 0.0377. The van der Waals surface area contributed by atoms with Crippen LogP contribution in [-0.2, 0) is 17.6 Å². The summed E-state index contributed by atoms with van der Waals surface area (Å²) in [6, 6.07) is 10.9. The number of nitrogens with one attached hydrogen (secondary N) is 2. The van der Waals surface area contributed by atoms with Crippen LogP contribution in [0.25, 0.3) is 21.8 Å². The van der Waals surface area contributed by atoms with E-state index in [1.165, 1.54) is 0 Å². The van der Waals surface area contributed by atoms with E-state index >= 15 is 0 Å². The van der Waals surface area contributed by atoms with Crippen LogP contribution in [0.3, 0.4) is 0 Å². The van der Waals surface area contributed by atoms with Crippen molar-refractivity contribution in [3.05, 3.63) is 82.8 Å². The van der Waals surface area contributed by atoms with Gasteiger partial charge in [-0.3, -0.25) is 19.3 Å².